The number of nitrogens with two attached hydrogens (primary N) is 1. The second-order valence-electron chi connectivity index (χ2n) is 4.98. The van der Waals surface area contributed by atoms with E-state index in [-0.39, 0.29) is 12.5 Å². The van der Waals surface area contributed by atoms with E-state index in [1.54, 1.807) is 4.90 Å². The molecule has 0 aromatic carbocycles. The fourth-order valence-corrected chi connectivity index (χ4v) is 2.02. The van der Waals surface area contributed by atoms with Crippen molar-refractivity contribution in [3.8, 4) is 0 Å². The van der Waals surface area contributed by atoms with Gasteiger partial charge in [-0.05, 0) is 26.3 Å². The molecule has 0 aromatic rings. The van der Waals surface area contributed by atoms with Gasteiger partial charge in [0.15, 0.2) is 0 Å². The highest BCUT2D eigenvalue weighted by Gasteiger charge is 2.42. The number of amides is 1. The molecule has 1 fully saturated rings. The summed E-state index contributed by atoms with van der Waals surface area (Å²) in [6, 6.07) is 0. The van der Waals surface area contributed by atoms with E-state index in [4.69, 9.17) is 15.6 Å². The molecule has 6 nitrogen and oxygen atoms in total. The number of carboxylic acids is 1. The van der Waals surface area contributed by atoms with E-state index in [1.165, 1.54) is 0 Å². The number of rotatable bonds is 8. The van der Waals surface area contributed by atoms with Crippen LogP contribution in [-0.4, -0.2) is 53.7 Å². The first-order valence-corrected chi connectivity index (χ1v) is 6.30. The van der Waals surface area contributed by atoms with E-state index < -0.39 is 11.6 Å². The van der Waals surface area contributed by atoms with Gasteiger partial charge in [0.05, 0.1) is 13.1 Å². The molecule has 0 bridgehead atoms. The van der Waals surface area contributed by atoms with Crippen molar-refractivity contribution in [2.45, 2.75) is 38.2 Å². The van der Waals surface area contributed by atoms with Crippen LogP contribution in [0.3, 0.4) is 0 Å². The van der Waals surface area contributed by atoms with E-state index in [0.29, 0.717) is 26.1 Å². The largest absolute Gasteiger partial charge is 0.480 e. The lowest BCUT2D eigenvalue weighted by atomic mass is 9.95. The zero-order valence-corrected chi connectivity index (χ0v) is 10.9. The molecule has 0 spiro atoms. The standard InChI is InChI=1S/C12H22N2O4/c1-12(18-7-11(16)17)8-14(9-12)10(15)5-3-2-4-6-13/h2-9,13H2,1H3,(H,16,17). The number of carboxylic acid groups (broad SMARTS) is 1. The predicted molar refractivity (Wildman–Crippen MR) is 66.1 cm³/mol. The van der Waals surface area contributed by atoms with Crippen LogP contribution >= 0.6 is 0 Å². The molecule has 1 rings (SSSR count). The van der Waals surface area contributed by atoms with E-state index in [1.807, 2.05) is 6.92 Å². The van der Waals surface area contributed by atoms with Crippen LogP contribution in [0.15, 0.2) is 0 Å². The van der Waals surface area contributed by atoms with Crippen LogP contribution in [0.1, 0.15) is 32.6 Å². The maximum absolute atomic E-state index is 11.7. The second-order valence-corrected chi connectivity index (χ2v) is 4.98. The van der Waals surface area contributed by atoms with Gasteiger partial charge in [-0.2, -0.15) is 0 Å². The highest BCUT2D eigenvalue weighted by molar-refractivity contribution is 5.77. The molecule has 1 aliphatic heterocycles. The summed E-state index contributed by atoms with van der Waals surface area (Å²) in [5.74, 6) is -0.869. The average molecular weight is 258 g/mol. The summed E-state index contributed by atoms with van der Waals surface area (Å²) < 4.78 is 5.24. The fraction of sp³-hybridized carbons (Fsp3) is 0.833. The molecule has 0 aromatic heterocycles. The van der Waals surface area contributed by atoms with Crippen LogP contribution in [0.4, 0.5) is 0 Å². The van der Waals surface area contributed by atoms with E-state index >= 15 is 0 Å². The Balaban J connectivity index is 2.16. The summed E-state index contributed by atoms with van der Waals surface area (Å²) in [6.45, 7) is 3.15. The number of hydrogen-bond donors (Lipinski definition) is 2. The van der Waals surface area contributed by atoms with Crippen molar-refractivity contribution in [3.05, 3.63) is 0 Å². The quantitative estimate of drug-likeness (QED) is 0.607. The minimum absolute atomic E-state index is 0.114. The molecule has 6 heteroatoms. The summed E-state index contributed by atoms with van der Waals surface area (Å²) in [5.41, 5.74) is 4.88. The van der Waals surface area contributed by atoms with E-state index in [2.05, 4.69) is 0 Å². The summed E-state index contributed by atoms with van der Waals surface area (Å²) in [7, 11) is 0. The summed E-state index contributed by atoms with van der Waals surface area (Å²) in [6.07, 6.45) is 3.32. The van der Waals surface area contributed by atoms with Gasteiger partial charge >= 0.3 is 5.97 Å². The van der Waals surface area contributed by atoms with Crippen LogP contribution in [0.2, 0.25) is 0 Å². The third-order valence-corrected chi connectivity index (χ3v) is 3.04. The molecule has 0 unspecified atom stereocenters. The number of unbranched alkanes of at least 4 members (excludes halogenated alkanes) is 2. The Kier molecular flexibility index (Phi) is 5.55. The fourth-order valence-electron chi connectivity index (χ4n) is 2.02. The van der Waals surface area contributed by atoms with Crippen molar-refractivity contribution in [2.24, 2.45) is 5.73 Å². The Morgan fingerprint density at radius 3 is 2.56 bits per heavy atom. The van der Waals surface area contributed by atoms with E-state index in [9.17, 15) is 9.59 Å². The van der Waals surface area contributed by atoms with Crippen LogP contribution in [0, 0.1) is 0 Å². The first kappa shape index (κ1) is 14.9. The van der Waals surface area contributed by atoms with Gasteiger partial charge in [-0.3, -0.25) is 4.79 Å². The number of ether oxygens (including phenoxy) is 1. The number of carbonyl (C=O) groups is 2. The Bertz CT molecular complexity index is 300. The highest BCUT2D eigenvalue weighted by Crippen LogP contribution is 2.25. The van der Waals surface area contributed by atoms with Gasteiger partial charge in [-0.15, -0.1) is 0 Å². The van der Waals surface area contributed by atoms with Crippen molar-refractivity contribution < 1.29 is 19.4 Å². The normalized spacial score (nSPS) is 17.3. The lowest BCUT2D eigenvalue weighted by molar-refractivity contribution is -0.173. The first-order valence-electron chi connectivity index (χ1n) is 6.30. The Labute approximate surface area is 107 Å². The number of aliphatic carboxylic acids is 1. The van der Waals surface area contributed by atoms with Crippen LogP contribution in [0.5, 0.6) is 0 Å². The first-order chi connectivity index (χ1) is 8.47. The smallest absolute Gasteiger partial charge is 0.329 e. The second kappa shape index (κ2) is 6.70. The highest BCUT2D eigenvalue weighted by atomic mass is 16.5. The lowest BCUT2D eigenvalue weighted by Gasteiger charge is -2.47. The maximum Gasteiger partial charge on any atom is 0.329 e. The zero-order chi connectivity index (χ0) is 13.6. The predicted octanol–water partition coefficient (Wildman–Crippen LogP) is 0.208. The molecule has 1 aliphatic rings. The van der Waals surface area contributed by atoms with Gasteiger partial charge < -0.3 is 20.5 Å². The minimum Gasteiger partial charge on any atom is -0.480 e. The Hall–Kier alpha value is -1.14. The molecule has 1 amide bonds. The molecule has 18 heavy (non-hydrogen) atoms. The van der Waals surface area contributed by atoms with Crippen LogP contribution in [-0.2, 0) is 14.3 Å². The van der Waals surface area contributed by atoms with Crippen molar-refractivity contribution in [2.75, 3.05) is 26.2 Å². The molecule has 0 radical (unpaired) electrons. The Morgan fingerprint density at radius 2 is 2.00 bits per heavy atom. The van der Waals surface area contributed by atoms with Crippen molar-refractivity contribution in [1.29, 1.82) is 0 Å². The third kappa shape index (κ3) is 4.62. The molecule has 0 atom stereocenters. The molecule has 0 aliphatic carbocycles. The monoisotopic (exact) mass is 258 g/mol. The van der Waals surface area contributed by atoms with Gasteiger partial charge in [0, 0.05) is 6.42 Å². The summed E-state index contributed by atoms with van der Waals surface area (Å²) in [5, 5.41) is 8.52. The van der Waals surface area contributed by atoms with Crippen molar-refractivity contribution in [1.82, 2.24) is 4.90 Å². The minimum atomic E-state index is -0.984. The number of likely N-dealkylation sites (tertiary alicyclic amines) is 1. The Morgan fingerprint density at radius 1 is 1.33 bits per heavy atom. The van der Waals surface area contributed by atoms with Crippen molar-refractivity contribution in [3.63, 3.8) is 0 Å². The summed E-state index contributed by atoms with van der Waals surface area (Å²) in [4.78, 5) is 23.8. The van der Waals surface area contributed by atoms with Gasteiger partial charge in [0.1, 0.15) is 12.2 Å². The van der Waals surface area contributed by atoms with Crippen LogP contribution < -0.4 is 5.73 Å². The van der Waals surface area contributed by atoms with Crippen LogP contribution in [0.25, 0.3) is 0 Å². The van der Waals surface area contributed by atoms with Gasteiger partial charge in [0.25, 0.3) is 0 Å². The van der Waals surface area contributed by atoms with Gasteiger partial charge in [-0.25, -0.2) is 4.79 Å². The average Bonchev–Trinajstić information content (AvgIpc) is 2.28. The maximum atomic E-state index is 11.7. The van der Waals surface area contributed by atoms with Crippen molar-refractivity contribution >= 4 is 11.9 Å². The molecule has 0 saturated carbocycles. The molecule has 3 N–H and O–H groups in total. The molecular weight excluding hydrogens is 236 g/mol. The number of carbonyl (C=O) groups excluding carboxylic acids is 1. The topological polar surface area (TPSA) is 92.9 Å². The zero-order valence-electron chi connectivity index (χ0n) is 10.9. The SMILES string of the molecule is CC1(OCC(=O)O)CN(C(=O)CCCCCN)C1. The van der Waals surface area contributed by atoms with Gasteiger partial charge in [-0.1, -0.05) is 6.42 Å². The molecular formula is C12H22N2O4. The summed E-state index contributed by atoms with van der Waals surface area (Å²) >= 11 is 0. The number of nitrogens with zero attached hydrogens (tertiary/aromatic N) is 1. The third-order valence-electron chi connectivity index (χ3n) is 3.04. The lowest BCUT2D eigenvalue weighted by Crippen LogP contribution is -2.63. The molecule has 1 heterocycles. The van der Waals surface area contributed by atoms with Gasteiger partial charge in [0.2, 0.25) is 5.91 Å². The number of hydrogen-bond acceptors (Lipinski definition) is 4. The van der Waals surface area contributed by atoms with E-state index in [0.717, 1.165) is 19.3 Å². The molecule has 1 saturated heterocycles. The molecule has 104 valence electrons.